The van der Waals surface area contributed by atoms with Crippen LogP contribution in [0.15, 0.2) is 0 Å². The van der Waals surface area contributed by atoms with Crippen molar-refractivity contribution in [3.05, 3.63) is 0 Å². The smallest absolute Gasteiger partial charge is 0.0487 e. The molecule has 0 bridgehead atoms. The van der Waals surface area contributed by atoms with E-state index < -0.39 is 0 Å². The molecule has 0 aliphatic rings. The van der Waals surface area contributed by atoms with Crippen molar-refractivity contribution in [3.63, 3.8) is 0 Å². The number of hydrogen-bond acceptors (Lipinski definition) is 1. The molecule has 0 aromatic rings. The van der Waals surface area contributed by atoms with Gasteiger partial charge in [-0.25, -0.2) is 0 Å². The summed E-state index contributed by atoms with van der Waals surface area (Å²) in [5.74, 6) is 1.70. The Kier molecular flexibility index (Phi) is 24.2. The molecule has 0 aliphatic heterocycles. The summed E-state index contributed by atoms with van der Waals surface area (Å²) < 4.78 is 5.21. The highest BCUT2D eigenvalue weighted by atomic mass is 16.5. The zero-order valence-electron chi connectivity index (χ0n) is 21.1. The van der Waals surface area contributed by atoms with Crippen LogP contribution >= 0.6 is 0 Å². The Bertz CT molecular complexity index is 288. The standard InChI is InChI=1S/C28H58O/c1-5-6-7-8-9-11-14-17-20-23-27(2)24-21-18-15-12-10-13-16-19-22-25-28(3)26-29-4/h27-28H,5-26H2,1-4H3. The maximum Gasteiger partial charge on any atom is 0.0487 e. The van der Waals surface area contributed by atoms with E-state index in [0.29, 0.717) is 0 Å². The average molecular weight is 411 g/mol. The first kappa shape index (κ1) is 29.0. The molecule has 0 heterocycles. The fourth-order valence-electron chi connectivity index (χ4n) is 4.54. The molecule has 0 aliphatic carbocycles. The highest BCUT2D eigenvalue weighted by Crippen LogP contribution is 2.19. The Labute approximate surface area is 186 Å². The van der Waals surface area contributed by atoms with Crippen molar-refractivity contribution in [2.75, 3.05) is 13.7 Å². The summed E-state index contributed by atoms with van der Waals surface area (Å²) in [7, 11) is 1.81. The van der Waals surface area contributed by atoms with Gasteiger partial charge >= 0.3 is 0 Å². The van der Waals surface area contributed by atoms with Crippen molar-refractivity contribution in [2.45, 2.75) is 156 Å². The van der Waals surface area contributed by atoms with Crippen LogP contribution in [0.1, 0.15) is 156 Å². The summed E-state index contributed by atoms with van der Waals surface area (Å²) in [5.41, 5.74) is 0. The lowest BCUT2D eigenvalue weighted by atomic mass is 9.95. The lowest BCUT2D eigenvalue weighted by Gasteiger charge is -2.11. The van der Waals surface area contributed by atoms with E-state index >= 15 is 0 Å². The van der Waals surface area contributed by atoms with Gasteiger partial charge in [-0.3, -0.25) is 0 Å². The molecule has 1 nitrogen and oxygen atoms in total. The second-order valence-corrected chi connectivity index (χ2v) is 10.0. The second-order valence-electron chi connectivity index (χ2n) is 10.0. The first-order valence-corrected chi connectivity index (χ1v) is 13.7. The van der Waals surface area contributed by atoms with Crippen LogP contribution in [0.4, 0.5) is 0 Å². The summed E-state index contributed by atoms with van der Waals surface area (Å²) >= 11 is 0. The SMILES string of the molecule is CCCCCCCCCCCC(C)CCCCCCCCCCCC(C)COC. The molecule has 0 radical (unpaired) electrons. The summed E-state index contributed by atoms with van der Waals surface area (Å²) in [4.78, 5) is 0. The fourth-order valence-corrected chi connectivity index (χ4v) is 4.54. The van der Waals surface area contributed by atoms with Crippen LogP contribution in [0.25, 0.3) is 0 Å². The minimum Gasteiger partial charge on any atom is -0.384 e. The molecule has 0 amide bonds. The van der Waals surface area contributed by atoms with Crippen molar-refractivity contribution in [3.8, 4) is 0 Å². The number of unbranched alkanes of at least 4 members (excludes halogenated alkanes) is 16. The Morgan fingerprint density at radius 1 is 0.448 bits per heavy atom. The van der Waals surface area contributed by atoms with Gasteiger partial charge < -0.3 is 4.74 Å². The van der Waals surface area contributed by atoms with Crippen LogP contribution in [-0.2, 0) is 4.74 Å². The van der Waals surface area contributed by atoms with Crippen molar-refractivity contribution >= 4 is 0 Å². The summed E-state index contributed by atoms with van der Waals surface area (Å²) in [6.07, 6.45) is 30.4. The monoisotopic (exact) mass is 410 g/mol. The largest absolute Gasteiger partial charge is 0.384 e. The third kappa shape index (κ3) is 24.1. The lowest BCUT2D eigenvalue weighted by Crippen LogP contribution is -2.02. The van der Waals surface area contributed by atoms with E-state index in [4.69, 9.17) is 4.74 Å². The number of rotatable bonds is 24. The van der Waals surface area contributed by atoms with Crippen molar-refractivity contribution in [1.82, 2.24) is 0 Å². The van der Waals surface area contributed by atoms with E-state index in [1.54, 1.807) is 0 Å². The molecule has 0 saturated heterocycles. The molecule has 0 spiro atoms. The van der Waals surface area contributed by atoms with E-state index in [0.717, 1.165) is 18.4 Å². The molecule has 176 valence electrons. The number of methoxy groups -OCH3 is 1. The Balaban J connectivity index is 3.17. The summed E-state index contributed by atoms with van der Waals surface area (Å²) in [5, 5.41) is 0. The molecule has 2 atom stereocenters. The van der Waals surface area contributed by atoms with Crippen molar-refractivity contribution in [1.29, 1.82) is 0 Å². The molecule has 0 N–H and O–H groups in total. The van der Waals surface area contributed by atoms with Gasteiger partial charge in [0.2, 0.25) is 0 Å². The maximum absolute atomic E-state index is 5.21. The lowest BCUT2D eigenvalue weighted by molar-refractivity contribution is 0.154. The quantitative estimate of drug-likeness (QED) is 0.144. The third-order valence-electron chi connectivity index (χ3n) is 6.65. The Morgan fingerprint density at radius 2 is 0.759 bits per heavy atom. The topological polar surface area (TPSA) is 9.23 Å². The van der Waals surface area contributed by atoms with Gasteiger partial charge in [-0.05, 0) is 18.3 Å². The van der Waals surface area contributed by atoms with Gasteiger partial charge in [0.15, 0.2) is 0 Å². The van der Waals surface area contributed by atoms with Crippen molar-refractivity contribution < 1.29 is 4.74 Å². The number of hydrogen-bond donors (Lipinski definition) is 0. The van der Waals surface area contributed by atoms with Gasteiger partial charge in [0.25, 0.3) is 0 Å². The van der Waals surface area contributed by atoms with Gasteiger partial charge in [0.1, 0.15) is 0 Å². The van der Waals surface area contributed by atoms with Gasteiger partial charge in [-0.2, -0.15) is 0 Å². The summed E-state index contributed by atoms with van der Waals surface area (Å²) in [6, 6.07) is 0. The minimum absolute atomic E-state index is 0.739. The Hall–Kier alpha value is -0.0400. The summed E-state index contributed by atoms with van der Waals surface area (Å²) in [6.45, 7) is 8.02. The van der Waals surface area contributed by atoms with Gasteiger partial charge in [-0.1, -0.05) is 149 Å². The van der Waals surface area contributed by atoms with Gasteiger partial charge in [0.05, 0.1) is 0 Å². The van der Waals surface area contributed by atoms with E-state index in [-0.39, 0.29) is 0 Å². The predicted octanol–water partition coefficient (Wildman–Crippen LogP) is 10.1. The van der Waals surface area contributed by atoms with Crippen LogP contribution in [0, 0.1) is 11.8 Å². The van der Waals surface area contributed by atoms with E-state index in [1.165, 1.54) is 135 Å². The van der Waals surface area contributed by atoms with Crippen molar-refractivity contribution in [2.24, 2.45) is 11.8 Å². The zero-order chi connectivity index (χ0) is 21.4. The minimum atomic E-state index is 0.739. The van der Waals surface area contributed by atoms with Gasteiger partial charge in [0, 0.05) is 13.7 Å². The average Bonchev–Trinajstić information content (AvgIpc) is 2.71. The molecule has 0 rings (SSSR count). The molecule has 1 heteroatoms. The van der Waals surface area contributed by atoms with Crippen LogP contribution in [0.2, 0.25) is 0 Å². The molecule has 0 saturated carbocycles. The maximum atomic E-state index is 5.21. The molecule has 0 aromatic carbocycles. The first-order chi connectivity index (χ1) is 14.2. The van der Waals surface area contributed by atoms with E-state index in [9.17, 15) is 0 Å². The third-order valence-corrected chi connectivity index (χ3v) is 6.65. The Morgan fingerprint density at radius 3 is 1.10 bits per heavy atom. The molecule has 0 aromatic heterocycles. The molecular formula is C28H58O. The van der Waals surface area contributed by atoms with Crippen LogP contribution in [0.5, 0.6) is 0 Å². The van der Waals surface area contributed by atoms with E-state index in [2.05, 4.69) is 20.8 Å². The first-order valence-electron chi connectivity index (χ1n) is 13.7. The normalized spacial score (nSPS) is 13.7. The van der Waals surface area contributed by atoms with Crippen LogP contribution < -0.4 is 0 Å². The fraction of sp³-hybridized carbons (Fsp3) is 1.00. The highest BCUT2D eigenvalue weighted by Gasteiger charge is 2.03. The van der Waals surface area contributed by atoms with E-state index in [1.807, 2.05) is 7.11 Å². The molecular weight excluding hydrogens is 352 g/mol. The number of ether oxygens (including phenoxy) is 1. The highest BCUT2D eigenvalue weighted by molar-refractivity contribution is 4.57. The predicted molar refractivity (Wildman–Crippen MR) is 133 cm³/mol. The van der Waals surface area contributed by atoms with Crippen LogP contribution in [-0.4, -0.2) is 13.7 Å². The molecule has 2 unspecified atom stereocenters. The van der Waals surface area contributed by atoms with Gasteiger partial charge in [-0.15, -0.1) is 0 Å². The van der Waals surface area contributed by atoms with Crippen LogP contribution in [0.3, 0.4) is 0 Å². The molecule has 0 fully saturated rings. The zero-order valence-corrected chi connectivity index (χ0v) is 21.1. The molecule has 29 heavy (non-hydrogen) atoms. The second kappa shape index (κ2) is 24.2.